The van der Waals surface area contributed by atoms with Gasteiger partial charge in [0.1, 0.15) is 11.4 Å². The van der Waals surface area contributed by atoms with E-state index >= 15 is 0 Å². The number of amides is 1. The average molecular weight is 469 g/mol. The molecule has 0 radical (unpaired) electrons. The topological polar surface area (TPSA) is 115 Å². The fraction of sp³-hybridized carbons (Fsp3) is 0.333. The molecule has 1 aliphatic heterocycles. The SMILES string of the molecule is Cc1cc(O)c(-c2cc(C(=O)Nc3ccc(S(=O)(=O)N4CCCCC4C)cc3)[nH]n2)cc1C. The minimum Gasteiger partial charge on any atom is -0.507 e. The zero-order valence-electron chi connectivity index (χ0n) is 18.9. The number of benzene rings is 2. The van der Waals surface area contributed by atoms with E-state index < -0.39 is 15.9 Å². The van der Waals surface area contributed by atoms with Crippen LogP contribution in [0.5, 0.6) is 5.75 Å². The Labute approximate surface area is 193 Å². The molecule has 1 unspecified atom stereocenters. The van der Waals surface area contributed by atoms with Gasteiger partial charge < -0.3 is 10.4 Å². The Kier molecular flexibility index (Phi) is 6.27. The van der Waals surface area contributed by atoms with Crippen LogP contribution >= 0.6 is 0 Å². The molecule has 3 aromatic rings. The Bertz CT molecular complexity index is 1280. The molecule has 0 aliphatic carbocycles. The number of H-pyrrole nitrogens is 1. The number of carbonyl (C=O) groups is 1. The molecule has 3 N–H and O–H groups in total. The van der Waals surface area contributed by atoms with Crippen LogP contribution in [0.4, 0.5) is 5.69 Å². The second-order valence-electron chi connectivity index (χ2n) is 8.56. The normalized spacial score (nSPS) is 17.1. The molecule has 4 rings (SSSR count). The summed E-state index contributed by atoms with van der Waals surface area (Å²) in [7, 11) is -3.57. The second kappa shape index (κ2) is 8.99. The molecule has 1 aromatic heterocycles. The predicted molar refractivity (Wildman–Crippen MR) is 127 cm³/mol. The lowest BCUT2D eigenvalue weighted by atomic mass is 10.0. The molecule has 33 heavy (non-hydrogen) atoms. The van der Waals surface area contributed by atoms with Crippen molar-refractivity contribution in [2.75, 3.05) is 11.9 Å². The first-order valence-corrected chi connectivity index (χ1v) is 12.4. The molecule has 9 heteroatoms. The first-order valence-electron chi connectivity index (χ1n) is 11.0. The maximum Gasteiger partial charge on any atom is 0.273 e. The maximum absolute atomic E-state index is 13.0. The number of carbonyl (C=O) groups excluding carboxylic acids is 1. The summed E-state index contributed by atoms with van der Waals surface area (Å²) in [6.07, 6.45) is 2.76. The van der Waals surface area contributed by atoms with Gasteiger partial charge in [0, 0.05) is 23.8 Å². The van der Waals surface area contributed by atoms with Crippen LogP contribution in [-0.4, -0.2) is 46.5 Å². The van der Waals surface area contributed by atoms with Crippen molar-refractivity contribution in [1.82, 2.24) is 14.5 Å². The van der Waals surface area contributed by atoms with Crippen molar-refractivity contribution in [1.29, 1.82) is 0 Å². The number of aryl methyl sites for hydroxylation is 2. The monoisotopic (exact) mass is 468 g/mol. The van der Waals surface area contributed by atoms with E-state index in [9.17, 15) is 18.3 Å². The third-order valence-electron chi connectivity index (χ3n) is 6.17. The molecule has 1 aliphatic rings. The minimum absolute atomic E-state index is 0.0190. The smallest absolute Gasteiger partial charge is 0.273 e. The maximum atomic E-state index is 13.0. The third kappa shape index (κ3) is 4.65. The molecule has 174 valence electrons. The van der Waals surface area contributed by atoms with Crippen LogP contribution in [0.1, 0.15) is 47.8 Å². The molecule has 0 spiro atoms. The van der Waals surface area contributed by atoms with E-state index in [2.05, 4.69) is 15.5 Å². The number of phenols is 1. The Hall–Kier alpha value is -3.17. The summed E-state index contributed by atoms with van der Waals surface area (Å²) in [5.41, 5.74) is 3.65. The molecule has 2 heterocycles. The lowest BCUT2D eigenvalue weighted by Gasteiger charge is -2.32. The van der Waals surface area contributed by atoms with Crippen molar-refractivity contribution in [3.8, 4) is 17.0 Å². The zero-order chi connectivity index (χ0) is 23.8. The largest absolute Gasteiger partial charge is 0.507 e. The fourth-order valence-electron chi connectivity index (χ4n) is 4.06. The van der Waals surface area contributed by atoms with Gasteiger partial charge in [-0.3, -0.25) is 9.89 Å². The molecule has 0 saturated carbocycles. The number of sulfonamides is 1. The van der Waals surface area contributed by atoms with Crippen molar-refractivity contribution in [3.05, 3.63) is 59.3 Å². The van der Waals surface area contributed by atoms with Gasteiger partial charge in [0.15, 0.2) is 0 Å². The van der Waals surface area contributed by atoms with Gasteiger partial charge in [0.25, 0.3) is 5.91 Å². The quantitative estimate of drug-likeness (QED) is 0.519. The summed E-state index contributed by atoms with van der Waals surface area (Å²) in [4.78, 5) is 12.9. The van der Waals surface area contributed by atoms with Crippen LogP contribution < -0.4 is 5.32 Å². The van der Waals surface area contributed by atoms with Crippen LogP contribution in [0.3, 0.4) is 0 Å². The zero-order valence-corrected chi connectivity index (χ0v) is 19.7. The molecule has 1 saturated heterocycles. The summed E-state index contributed by atoms with van der Waals surface area (Å²) in [5, 5.41) is 19.8. The first kappa shape index (κ1) is 23.0. The Morgan fingerprint density at radius 3 is 2.52 bits per heavy atom. The standard InChI is InChI=1S/C24H28N4O4S/c1-15-12-20(23(29)13-16(15)2)21-14-22(27-26-21)24(30)25-18-7-9-19(10-8-18)33(31,32)28-11-5-4-6-17(28)3/h7-10,12-14,17,29H,4-6,11H2,1-3H3,(H,25,30)(H,26,27). The summed E-state index contributed by atoms with van der Waals surface area (Å²) < 4.78 is 27.5. The van der Waals surface area contributed by atoms with Crippen LogP contribution in [0.15, 0.2) is 47.4 Å². The van der Waals surface area contributed by atoms with E-state index in [4.69, 9.17) is 0 Å². The van der Waals surface area contributed by atoms with Gasteiger partial charge in [-0.1, -0.05) is 6.42 Å². The van der Waals surface area contributed by atoms with E-state index in [0.717, 1.165) is 30.4 Å². The highest BCUT2D eigenvalue weighted by molar-refractivity contribution is 7.89. The second-order valence-corrected chi connectivity index (χ2v) is 10.5. The van der Waals surface area contributed by atoms with Gasteiger partial charge in [-0.05, 0) is 87.2 Å². The van der Waals surface area contributed by atoms with E-state index in [1.807, 2.05) is 26.8 Å². The molecule has 1 fully saturated rings. The Morgan fingerprint density at radius 2 is 1.82 bits per heavy atom. The lowest BCUT2D eigenvalue weighted by Crippen LogP contribution is -2.41. The molecular formula is C24H28N4O4S. The molecular weight excluding hydrogens is 440 g/mol. The highest BCUT2D eigenvalue weighted by Gasteiger charge is 2.30. The summed E-state index contributed by atoms with van der Waals surface area (Å²) in [6, 6.07) is 11.2. The third-order valence-corrected chi connectivity index (χ3v) is 8.20. The number of nitrogens with one attached hydrogen (secondary N) is 2. The number of anilines is 1. The molecule has 1 amide bonds. The highest BCUT2D eigenvalue weighted by atomic mass is 32.2. The van der Waals surface area contributed by atoms with Gasteiger partial charge in [0.2, 0.25) is 10.0 Å². The number of rotatable bonds is 5. The fourth-order valence-corrected chi connectivity index (χ4v) is 5.75. The van der Waals surface area contributed by atoms with Crippen molar-refractivity contribution in [3.63, 3.8) is 0 Å². The molecule has 8 nitrogen and oxygen atoms in total. The van der Waals surface area contributed by atoms with Crippen molar-refractivity contribution >= 4 is 21.6 Å². The van der Waals surface area contributed by atoms with E-state index in [-0.39, 0.29) is 22.4 Å². The average Bonchev–Trinajstić information content (AvgIpc) is 3.27. The van der Waals surface area contributed by atoms with E-state index in [1.54, 1.807) is 28.6 Å². The molecule has 2 aromatic carbocycles. The van der Waals surface area contributed by atoms with Gasteiger partial charge in [-0.15, -0.1) is 0 Å². The summed E-state index contributed by atoms with van der Waals surface area (Å²) >= 11 is 0. The number of hydrogen-bond donors (Lipinski definition) is 3. The number of aromatic hydroxyl groups is 1. The number of nitrogens with zero attached hydrogens (tertiary/aromatic N) is 2. The van der Waals surface area contributed by atoms with Gasteiger partial charge in [0.05, 0.1) is 10.6 Å². The number of aromatic amines is 1. The van der Waals surface area contributed by atoms with Crippen molar-refractivity contribution in [2.45, 2.75) is 51.0 Å². The molecule has 1 atom stereocenters. The number of phenolic OH excluding ortho intramolecular Hbond substituents is 1. The number of hydrogen-bond acceptors (Lipinski definition) is 5. The van der Waals surface area contributed by atoms with Crippen LogP contribution in [-0.2, 0) is 10.0 Å². The van der Waals surface area contributed by atoms with Crippen LogP contribution in [0.2, 0.25) is 0 Å². The van der Waals surface area contributed by atoms with Gasteiger partial charge in [-0.25, -0.2) is 8.42 Å². The summed E-state index contributed by atoms with van der Waals surface area (Å²) in [5.74, 6) is -0.325. The van der Waals surface area contributed by atoms with E-state index in [1.165, 1.54) is 12.1 Å². The summed E-state index contributed by atoms with van der Waals surface area (Å²) in [6.45, 7) is 6.31. The van der Waals surface area contributed by atoms with Crippen molar-refractivity contribution in [2.24, 2.45) is 0 Å². The Morgan fingerprint density at radius 1 is 1.12 bits per heavy atom. The van der Waals surface area contributed by atoms with E-state index in [0.29, 0.717) is 23.5 Å². The van der Waals surface area contributed by atoms with Gasteiger partial charge in [-0.2, -0.15) is 9.40 Å². The van der Waals surface area contributed by atoms with Crippen LogP contribution in [0, 0.1) is 13.8 Å². The number of aromatic nitrogens is 2. The molecule has 0 bridgehead atoms. The first-order chi connectivity index (χ1) is 15.7. The van der Waals surface area contributed by atoms with Crippen LogP contribution in [0.25, 0.3) is 11.3 Å². The Balaban J connectivity index is 1.48. The lowest BCUT2D eigenvalue weighted by molar-refractivity contribution is 0.102. The highest BCUT2D eigenvalue weighted by Crippen LogP contribution is 2.31. The van der Waals surface area contributed by atoms with Crippen molar-refractivity contribution < 1.29 is 18.3 Å². The minimum atomic E-state index is -3.57. The number of piperidine rings is 1. The van der Waals surface area contributed by atoms with Gasteiger partial charge >= 0.3 is 0 Å². The predicted octanol–water partition coefficient (Wildman–Crippen LogP) is 4.21.